The SMILES string of the molecule is Cc1cc(NC(=O)CC(C)CC(C)(C)C)n[nH]1. The third-order valence-corrected chi connectivity index (χ3v) is 2.47. The first-order valence-electron chi connectivity index (χ1n) is 6.08. The summed E-state index contributed by atoms with van der Waals surface area (Å²) in [5, 5.41) is 9.58. The molecule has 0 spiro atoms. The van der Waals surface area contributed by atoms with Gasteiger partial charge in [0, 0.05) is 18.2 Å². The summed E-state index contributed by atoms with van der Waals surface area (Å²) in [6, 6.07) is 1.83. The molecule has 1 rings (SSSR count). The van der Waals surface area contributed by atoms with E-state index in [1.807, 2.05) is 13.0 Å². The second kappa shape index (κ2) is 5.34. The van der Waals surface area contributed by atoms with Gasteiger partial charge in [0.25, 0.3) is 0 Å². The van der Waals surface area contributed by atoms with E-state index >= 15 is 0 Å². The van der Waals surface area contributed by atoms with E-state index in [2.05, 4.69) is 43.2 Å². The maximum atomic E-state index is 11.8. The van der Waals surface area contributed by atoms with Crippen LogP contribution in [-0.4, -0.2) is 16.1 Å². The Morgan fingerprint density at radius 2 is 2.18 bits per heavy atom. The lowest BCUT2D eigenvalue weighted by Gasteiger charge is -2.22. The van der Waals surface area contributed by atoms with Gasteiger partial charge in [0.05, 0.1) is 0 Å². The van der Waals surface area contributed by atoms with Crippen molar-refractivity contribution in [1.29, 1.82) is 0 Å². The fourth-order valence-corrected chi connectivity index (χ4v) is 2.11. The summed E-state index contributed by atoms with van der Waals surface area (Å²) in [5.41, 5.74) is 1.21. The highest BCUT2D eigenvalue weighted by Crippen LogP contribution is 2.26. The highest BCUT2D eigenvalue weighted by molar-refractivity contribution is 5.89. The van der Waals surface area contributed by atoms with Crippen molar-refractivity contribution in [2.45, 2.75) is 47.5 Å². The number of nitrogens with one attached hydrogen (secondary N) is 2. The molecule has 0 saturated heterocycles. The lowest BCUT2D eigenvalue weighted by atomic mass is 9.84. The van der Waals surface area contributed by atoms with E-state index in [1.54, 1.807) is 0 Å². The number of hydrogen-bond donors (Lipinski definition) is 2. The number of rotatable bonds is 4. The van der Waals surface area contributed by atoms with Gasteiger partial charge in [-0.05, 0) is 24.7 Å². The summed E-state index contributed by atoms with van der Waals surface area (Å²) in [6.45, 7) is 10.6. The molecule has 4 nitrogen and oxygen atoms in total. The maximum absolute atomic E-state index is 11.8. The molecule has 1 aromatic rings. The van der Waals surface area contributed by atoms with Gasteiger partial charge in [-0.3, -0.25) is 9.89 Å². The van der Waals surface area contributed by atoms with Crippen LogP contribution in [0.5, 0.6) is 0 Å². The van der Waals surface area contributed by atoms with Crippen LogP contribution in [0, 0.1) is 18.3 Å². The Morgan fingerprint density at radius 1 is 1.53 bits per heavy atom. The van der Waals surface area contributed by atoms with E-state index in [0.29, 0.717) is 18.2 Å². The third-order valence-electron chi connectivity index (χ3n) is 2.47. The normalized spacial score (nSPS) is 13.5. The van der Waals surface area contributed by atoms with Gasteiger partial charge in [-0.2, -0.15) is 5.10 Å². The topological polar surface area (TPSA) is 57.8 Å². The number of aromatic nitrogens is 2. The zero-order valence-corrected chi connectivity index (χ0v) is 11.4. The number of hydrogen-bond acceptors (Lipinski definition) is 2. The van der Waals surface area contributed by atoms with Gasteiger partial charge in [-0.1, -0.05) is 27.7 Å². The zero-order chi connectivity index (χ0) is 13.1. The Labute approximate surface area is 103 Å². The molecule has 0 saturated carbocycles. The number of H-pyrrole nitrogens is 1. The van der Waals surface area contributed by atoms with Crippen LogP contribution >= 0.6 is 0 Å². The second-order valence-electron chi connectivity index (χ2n) is 6.06. The molecule has 1 unspecified atom stereocenters. The first-order chi connectivity index (χ1) is 7.76. The van der Waals surface area contributed by atoms with Crippen molar-refractivity contribution in [2.75, 3.05) is 5.32 Å². The Kier molecular flexibility index (Phi) is 4.32. The van der Waals surface area contributed by atoms with Crippen molar-refractivity contribution in [2.24, 2.45) is 11.3 Å². The third kappa shape index (κ3) is 5.52. The number of anilines is 1. The van der Waals surface area contributed by atoms with Crippen LogP contribution in [-0.2, 0) is 4.79 Å². The van der Waals surface area contributed by atoms with Gasteiger partial charge in [0.15, 0.2) is 5.82 Å². The summed E-state index contributed by atoms with van der Waals surface area (Å²) < 4.78 is 0. The summed E-state index contributed by atoms with van der Waals surface area (Å²) in [6.07, 6.45) is 1.59. The quantitative estimate of drug-likeness (QED) is 0.845. The van der Waals surface area contributed by atoms with Crippen LogP contribution in [0.1, 0.15) is 46.2 Å². The summed E-state index contributed by atoms with van der Waals surface area (Å²) >= 11 is 0. The Hall–Kier alpha value is -1.32. The summed E-state index contributed by atoms with van der Waals surface area (Å²) in [5.74, 6) is 1.03. The van der Waals surface area contributed by atoms with E-state index in [0.717, 1.165) is 12.1 Å². The maximum Gasteiger partial charge on any atom is 0.225 e. The van der Waals surface area contributed by atoms with Crippen molar-refractivity contribution in [3.8, 4) is 0 Å². The lowest BCUT2D eigenvalue weighted by Crippen LogP contribution is -2.19. The van der Waals surface area contributed by atoms with E-state index in [1.165, 1.54) is 0 Å². The lowest BCUT2D eigenvalue weighted by molar-refractivity contribution is -0.117. The van der Waals surface area contributed by atoms with Gasteiger partial charge in [-0.15, -0.1) is 0 Å². The van der Waals surface area contributed by atoms with Crippen molar-refractivity contribution >= 4 is 11.7 Å². The number of amides is 1. The van der Waals surface area contributed by atoms with Crippen LogP contribution in [0.3, 0.4) is 0 Å². The standard InChI is InChI=1S/C13H23N3O/c1-9(8-13(3,4)5)6-12(17)14-11-7-10(2)15-16-11/h7,9H,6,8H2,1-5H3,(H2,14,15,16,17). The van der Waals surface area contributed by atoms with E-state index in [4.69, 9.17) is 0 Å². The molecule has 0 radical (unpaired) electrons. The van der Waals surface area contributed by atoms with E-state index in [-0.39, 0.29) is 11.3 Å². The minimum atomic E-state index is 0.0354. The van der Waals surface area contributed by atoms with Crippen molar-refractivity contribution in [3.05, 3.63) is 11.8 Å². The molecule has 1 atom stereocenters. The van der Waals surface area contributed by atoms with Crippen molar-refractivity contribution in [1.82, 2.24) is 10.2 Å². The summed E-state index contributed by atoms with van der Waals surface area (Å²) in [7, 11) is 0. The molecule has 0 bridgehead atoms. The Bertz CT molecular complexity index is 376. The number of aromatic amines is 1. The number of carbonyl (C=O) groups is 1. The molecule has 2 N–H and O–H groups in total. The molecule has 0 fully saturated rings. The number of aryl methyl sites for hydroxylation is 1. The van der Waals surface area contributed by atoms with Crippen LogP contribution in [0.4, 0.5) is 5.82 Å². The fraction of sp³-hybridized carbons (Fsp3) is 0.692. The molecule has 0 aliphatic rings. The first-order valence-corrected chi connectivity index (χ1v) is 6.08. The van der Waals surface area contributed by atoms with Gasteiger partial charge in [0.2, 0.25) is 5.91 Å². The zero-order valence-electron chi connectivity index (χ0n) is 11.4. The highest BCUT2D eigenvalue weighted by atomic mass is 16.1. The minimum Gasteiger partial charge on any atom is -0.309 e. The predicted octanol–water partition coefficient (Wildman–Crippen LogP) is 3.12. The van der Waals surface area contributed by atoms with Crippen molar-refractivity contribution < 1.29 is 4.79 Å². The van der Waals surface area contributed by atoms with Gasteiger partial charge in [-0.25, -0.2) is 0 Å². The monoisotopic (exact) mass is 237 g/mol. The molecule has 1 aromatic heterocycles. The van der Waals surface area contributed by atoms with Gasteiger partial charge >= 0.3 is 0 Å². The smallest absolute Gasteiger partial charge is 0.225 e. The average Bonchev–Trinajstić information content (AvgIpc) is 2.46. The molecule has 1 amide bonds. The van der Waals surface area contributed by atoms with Gasteiger partial charge in [0.1, 0.15) is 0 Å². The predicted molar refractivity (Wildman–Crippen MR) is 69.8 cm³/mol. The molecule has 0 aromatic carbocycles. The van der Waals surface area contributed by atoms with Crippen LogP contribution in [0.2, 0.25) is 0 Å². The molecule has 96 valence electrons. The molecular formula is C13H23N3O. The highest BCUT2D eigenvalue weighted by Gasteiger charge is 2.18. The Morgan fingerprint density at radius 3 is 2.65 bits per heavy atom. The van der Waals surface area contributed by atoms with Crippen LogP contribution < -0.4 is 5.32 Å². The Balaban J connectivity index is 2.39. The minimum absolute atomic E-state index is 0.0354. The van der Waals surface area contributed by atoms with Crippen LogP contribution in [0.25, 0.3) is 0 Å². The van der Waals surface area contributed by atoms with E-state index < -0.39 is 0 Å². The molecule has 0 aliphatic carbocycles. The molecule has 17 heavy (non-hydrogen) atoms. The van der Waals surface area contributed by atoms with E-state index in [9.17, 15) is 4.79 Å². The fourth-order valence-electron chi connectivity index (χ4n) is 2.11. The number of nitrogens with zero attached hydrogens (tertiary/aromatic N) is 1. The average molecular weight is 237 g/mol. The molecule has 0 aliphatic heterocycles. The first kappa shape index (κ1) is 13.7. The molecule has 1 heterocycles. The second-order valence-corrected chi connectivity index (χ2v) is 6.06. The van der Waals surface area contributed by atoms with Crippen molar-refractivity contribution in [3.63, 3.8) is 0 Å². The molecule has 4 heteroatoms. The van der Waals surface area contributed by atoms with Gasteiger partial charge < -0.3 is 5.32 Å². The largest absolute Gasteiger partial charge is 0.309 e. The van der Waals surface area contributed by atoms with Crippen LogP contribution in [0.15, 0.2) is 6.07 Å². The molecular weight excluding hydrogens is 214 g/mol. The summed E-state index contributed by atoms with van der Waals surface area (Å²) in [4.78, 5) is 11.8. The number of carbonyl (C=O) groups excluding carboxylic acids is 1.